The molecule has 2 heteroatoms. The zero-order chi connectivity index (χ0) is 10.4. The van der Waals surface area contributed by atoms with Gasteiger partial charge in [-0.15, -0.1) is 0 Å². The lowest BCUT2D eigenvalue weighted by atomic mass is 10.0. The van der Waals surface area contributed by atoms with Crippen molar-refractivity contribution in [3.63, 3.8) is 0 Å². The van der Waals surface area contributed by atoms with Gasteiger partial charge in [-0.3, -0.25) is 0 Å². The van der Waals surface area contributed by atoms with Crippen molar-refractivity contribution in [1.29, 1.82) is 0 Å². The molecule has 0 bridgehead atoms. The minimum Gasteiger partial charge on any atom is -0.313 e. The summed E-state index contributed by atoms with van der Waals surface area (Å²) in [6.45, 7) is 2.21. The zero-order valence-electron chi connectivity index (χ0n) is 8.89. The maximum atomic E-state index is 6.14. The third-order valence-electron chi connectivity index (χ3n) is 2.48. The monoisotopic (exact) mass is 211 g/mol. The van der Waals surface area contributed by atoms with Crippen LogP contribution >= 0.6 is 11.6 Å². The number of rotatable bonds is 5. The Hall–Kier alpha value is -0.530. The van der Waals surface area contributed by atoms with Crippen LogP contribution in [-0.2, 0) is 0 Å². The molecule has 14 heavy (non-hydrogen) atoms. The lowest BCUT2D eigenvalue weighted by molar-refractivity contribution is 0.523. The van der Waals surface area contributed by atoms with Gasteiger partial charge < -0.3 is 5.32 Å². The summed E-state index contributed by atoms with van der Waals surface area (Å²) in [5.41, 5.74) is 1.21. The van der Waals surface area contributed by atoms with Crippen LogP contribution in [-0.4, -0.2) is 7.05 Å². The molecule has 1 rings (SSSR count). The molecule has 0 saturated carbocycles. The number of unbranched alkanes of at least 4 members (excludes halogenated alkanes) is 1. The normalized spacial score (nSPS) is 12.8. The molecule has 1 N–H and O–H groups in total. The quantitative estimate of drug-likeness (QED) is 0.782. The minimum atomic E-state index is 0.392. The third kappa shape index (κ3) is 3.00. The Kier molecular flexibility index (Phi) is 4.99. The summed E-state index contributed by atoms with van der Waals surface area (Å²) in [4.78, 5) is 0. The maximum absolute atomic E-state index is 6.14. The first-order chi connectivity index (χ1) is 6.79. The molecule has 0 aliphatic rings. The van der Waals surface area contributed by atoms with Gasteiger partial charge in [-0.1, -0.05) is 49.6 Å². The summed E-state index contributed by atoms with van der Waals surface area (Å²) in [5, 5.41) is 4.17. The molecule has 1 unspecified atom stereocenters. The topological polar surface area (TPSA) is 12.0 Å². The first-order valence-corrected chi connectivity index (χ1v) is 5.59. The highest BCUT2D eigenvalue weighted by atomic mass is 35.5. The summed E-state index contributed by atoms with van der Waals surface area (Å²) in [6, 6.07) is 8.45. The van der Waals surface area contributed by atoms with Crippen LogP contribution in [0.3, 0.4) is 0 Å². The molecule has 0 aromatic heterocycles. The molecular formula is C12H18ClN. The Morgan fingerprint density at radius 3 is 2.64 bits per heavy atom. The average molecular weight is 212 g/mol. The second kappa shape index (κ2) is 6.05. The average Bonchev–Trinajstić information content (AvgIpc) is 2.21. The highest BCUT2D eigenvalue weighted by Crippen LogP contribution is 2.25. The van der Waals surface area contributed by atoms with E-state index in [1.54, 1.807) is 0 Å². The molecule has 0 amide bonds. The van der Waals surface area contributed by atoms with Crippen LogP contribution in [0.25, 0.3) is 0 Å². The zero-order valence-corrected chi connectivity index (χ0v) is 9.64. The van der Waals surface area contributed by atoms with Crippen molar-refractivity contribution in [3.05, 3.63) is 34.9 Å². The molecule has 1 nitrogen and oxygen atoms in total. The Morgan fingerprint density at radius 1 is 1.36 bits per heavy atom. The number of nitrogens with one attached hydrogen (secondary N) is 1. The van der Waals surface area contributed by atoms with Crippen LogP contribution in [0.2, 0.25) is 5.02 Å². The Labute approximate surface area is 91.5 Å². The highest BCUT2D eigenvalue weighted by molar-refractivity contribution is 6.31. The summed E-state index contributed by atoms with van der Waals surface area (Å²) in [6.07, 6.45) is 3.61. The van der Waals surface area contributed by atoms with Gasteiger partial charge in [0.25, 0.3) is 0 Å². The van der Waals surface area contributed by atoms with Crippen molar-refractivity contribution in [1.82, 2.24) is 5.32 Å². The van der Waals surface area contributed by atoms with E-state index in [-0.39, 0.29) is 0 Å². The molecule has 1 aromatic rings. The maximum Gasteiger partial charge on any atom is 0.0453 e. The molecule has 0 heterocycles. The highest BCUT2D eigenvalue weighted by Gasteiger charge is 2.10. The van der Waals surface area contributed by atoms with Crippen molar-refractivity contribution >= 4 is 11.6 Å². The van der Waals surface area contributed by atoms with E-state index in [9.17, 15) is 0 Å². The Balaban J connectivity index is 2.73. The SMILES string of the molecule is CCCCC(NC)c1ccccc1Cl. The van der Waals surface area contributed by atoms with Crippen LogP contribution in [0.5, 0.6) is 0 Å². The number of hydrogen-bond donors (Lipinski definition) is 1. The molecule has 0 fully saturated rings. The standard InChI is InChI=1S/C12H18ClN/c1-3-4-9-12(14-2)10-7-5-6-8-11(10)13/h5-8,12,14H,3-4,9H2,1-2H3. The minimum absolute atomic E-state index is 0.392. The molecule has 78 valence electrons. The fourth-order valence-corrected chi connectivity index (χ4v) is 1.89. The molecule has 0 saturated heterocycles. The second-order valence-electron chi connectivity index (χ2n) is 3.51. The molecule has 1 aromatic carbocycles. The predicted molar refractivity (Wildman–Crippen MR) is 62.8 cm³/mol. The van der Waals surface area contributed by atoms with Gasteiger partial charge in [-0.05, 0) is 25.1 Å². The molecule has 1 atom stereocenters. The molecular weight excluding hydrogens is 194 g/mol. The van der Waals surface area contributed by atoms with Crippen molar-refractivity contribution in [2.45, 2.75) is 32.2 Å². The van der Waals surface area contributed by atoms with Gasteiger partial charge in [0, 0.05) is 11.1 Å². The van der Waals surface area contributed by atoms with E-state index in [1.807, 2.05) is 25.2 Å². The molecule has 0 aliphatic heterocycles. The van der Waals surface area contributed by atoms with E-state index in [4.69, 9.17) is 11.6 Å². The predicted octanol–water partition coefficient (Wildman–Crippen LogP) is 3.79. The van der Waals surface area contributed by atoms with Gasteiger partial charge >= 0.3 is 0 Å². The van der Waals surface area contributed by atoms with Crippen LogP contribution in [0, 0.1) is 0 Å². The summed E-state index contributed by atoms with van der Waals surface area (Å²) >= 11 is 6.14. The van der Waals surface area contributed by atoms with Crippen molar-refractivity contribution in [2.75, 3.05) is 7.05 Å². The fourth-order valence-electron chi connectivity index (χ4n) is 1.62. The number of halogens is 1. The van der Waals surface area contributed by atoms with Gasteiger partial charge in [0.1, 0.15) is 0 Å². The second-order valence-corrected chi connectivity index (χ2v) is 3.91. The van der Waals surface area contributed by atoms with Gasteiger partial charge in [0.15, 0.2) is 0 Å². The number of benzene rings is 1. The van der Waals surface area contributed by atoms with Crippen molar-refractivity contribution in [2.24, 2.45) is 0 Å². The fraction of sp³-hybridized carbons (Fsp3) is 0.500. The first kappa shape index (κ1) is 11.5. The van der Waals surface area contributed by atoms with E-state index >= 15 is 0 Å². The van der Waals surface area contributed by atoms with E-state index in [1.165, 1.54) is 18.4 Å². The van der Waals surface area contributed by atoms with Crippen LogP contribution < -0.4 is 5.32 Å². The Bertz CT molecular complexity index is 273. The smallest absolute Gasteiger partial charge is 0.0453 e. The van der Waals surface area contributed by atoms with Gasteiger partial charge in [-0.2, -0.15) is 0 Å². The van der Waals surface area contributed by atoms with E-state index in [0.717, 1.165) is 11.4 Å². The van der Waals surface area contributed by atoms with Crippen LogP contribution in [0.1, 0.15) is 37.8 Å². The van der Waals surface area contributed by atoms with Crippen molar-refractivity contribution < 1.29 is 0 Å². The summed E-state index contributed by atoms with van der Waals surface area (Å²) in [7, 11) is 1.99. The first-order valence-electron chi connectivity index (χ1n) is 5.21. The molecule has 0 radical (unpaired) electrons. The lowest BCUT2D eigenvalue weighted by Crippen LogP contribution is -2.16. The van der Waals surface area contributed by atoms with Crippen LogP contribution in [0.15, 0.2) is 24.3 Å². The van der Waals surface area contributed by atoms with Gasteiger partial charge in [0.05, 0.1) is 0 Å². The van der Waals surface area contributed by atoms with Crippen LogP contribution in [0.4, 0.5) is 0 Å². The molecule has 0 spiro atoms. The van der Waals surface area contributed by atoms with E-state index in [0.29, 0.717) is 6.04 Å². The van der Waals surface area contributed by atoms with E-state index < -0.39 is 0 Å². The van der Waals surface area contributed by atoms with Gasteiger partial charge in [-0.25, -0.2) is 0 Å². The van der Waals surface area contributed by atoms with E-state index in [2.05, 4.69) is 18.3 Å². The Morgan fingerprint density at radius 2 is 2.07 bits per heavy atom. The lowest BCUT2D eigenvalue weighted by Gasteiger charge is -2.17. The summed E-state index contributed by atoms with van der Waals surface area (Å²) in [5.74, 6) is 0. The molecule has 0 aliphatic carbocycles. The third-order valence-corrected chi connectivity index (χ3v) is 2.82. The largest absolute Gasteiger partial charge is 0.313 e. The summed E-state index contributed by atoms with van der Waals surface area (Å²) < 4.78 is 0. The van der Waals surface area contributed by atoms with Crippen molar-refractivity contribution in [3.8, 4) is 0 Å². The number of hydrogen-bond acceptors (Lipinski definition) is 1. The van der Waals surface area contributed by atoms with Gasteiger partial charge in [0.2, 0.25) is 0 Å².